The lowest BCUT2D eigenvalue weighted by Crippen LogP contribution is -2.31. The molecule has 1 rings (SSSR count). The summed E-state index contributed by atoms with van der Waals surface area (Å²) >= 11 is 5.74. The molecule has 0 radical (unpaired) electrons. The zero-order valence-electron chi connectivity index (χ0n) is 10.8. The highest BCUT2D eigenvalue weighted by Crippen LogP contribution is 2.28. The molecule has 1 aromatic rings. The number of sulfonamides is 1. The van der Waals surface area contributed by atoms with Crippen molar-refractivity contribution in [3.8, 4) is 0 Å². The Balaban J connectivity index is 3.11. The summed E-state index contributed by atoms with van der Waals surface area (Å²) in [7, 11) is -2.99. The number of anilines is 1. The Kier molecular flexibility index (Phi) is 4.94. The van der Waals surface area contributed by atoms with Crippen LogP contribution in [0.5, 0.6) is 0 Å². The third kappa shape index (κ3) is 4.00. The van der Waals surface area contributed by atoms with Gasteiger partial charge in [-0.1, -0.05) is 11.6 Å². The number of nitrogens with zero attached hydrogens (tertiary/aromatic N) is 1. The molecule has 114 valence electrons. The van der Waals surface area contributed by atoms with Crippen LogP contribution in [0.3, 0.4) is 0 Å². The van der Waals surface area contributed by atoms with Crippen molar-refractivity contribution in [1.29, 1.82) is 0 Å². The van der Waals surface area contributed by atoms with Crippen LogP contribution in [-0.4, -0.2) is 32.5 Å². The van der Waals surface area contributed by atoms with Crippen molar-refractivity contribution in [3.05, 3.63) is 22.7 Å². The molecule has 0 aliphatic rings. The van der Waals surface area contributed by atoms with E-state index in [0.29, 0.717) is 4.31 Å². The van der Waals surface area contributed by atoms with Gasteiger partial charge in [-0.05, 0) is 24.6 Å². The number of nitrogens with two attached hydrogens (primary N) is 1. The maximum Gasteiger partial charge on any atom is 0.390 e. The predicted octanol–water partition coefficient (Wildman–Crippen LogP) is 2.80. The molecule has 0 atom stereocenters. The molecule has 0 bridgehead atoms. The van der Waals surface area contributed by atoms with E-state index < -0.39 is 29.2 Å². The molecular weight excluding hydrogens is 317 g/mol. The van der Waals surface area contributed by atoms with Crippen molar-refractivity contribution >= 4 is 27.3 Å². The molecule has 4 nitrogen and oxygen atoms in total. The Hall–Kier alpha value is -0.990. The molecule has 20 heavy (non-hydrogen) atoms. The van der Waals surface area contributed by atoms with Crippen LogP contribution >= 0.6 is 11.6 Å². The van der Waals surface area contributed by atoms with Gasteiger partial charge in [0.2, 0.25) is 10.0 Å². The zero-order chi connectivity index (χ0) is 15.7. The standard InChI is InChI=1S/C11H14ClF3N2O2S/c1-7-9(16)5-8(12)6-10(7)20(18,19)17(2)4-3-11(13,14)15/h5-6H,3-4,16H2,1-2H3. The van der Waals surface area contributed by atoms with Gasteiger partial charge >= 0.3 is 6.18 Å². The van der Waals surface area contributed by atoms with Gasteiger partial charge in [-0.3, -0.25) is 0 Å². The van der Waals surface area contributed by atoms with Crippen LogP contribution in [0.4, 0.5) is 18.9 Å². The number of rotatable bonds is 4. The van der Waals surface area contributed by atoms with Crippen molar-refractivity contribution in [1.82, 2.24) is 4.31 Å². The Morgan fingerprint density at radius 1 is 1.35 bits per heavy atom. The lowest BCUT2D eigenvalue weighted by Gasteiger charge is -2.20. The van der Waals surface area contributed by atoms with Crippen LogP contribution in [0.2, 0.25) is 5.02 Å². The van der Waals surface area contributed by atoms with Gasteiger partial charge in [-0.25, -0.2) is 12.7 Å². The fraction of sp³-hybridized carbons (Fsp3) is 0.455. The molecule has 0 aliphatic carbocycles. The highest BCUT2D eigenvalue weighted by Gasteiger charge is 2.31. The van der Waals surface area contributed by atoms with Crippen LogP contribution < -0.4 is 5.73 Å². The first-order valence-corrected chi connectivity index (χ1v) is 7.35. The summed E-state index contributed by atoms with van der Waals surface area (Å²) in [5.74, 6) is 0. The van der Waals surface area contributed by atoms with E-state index in [0.717, 1.165) is 7.05 Å². The third-order valence-corrected chi connectivity index (χ3v) is 4.96. The Morgan fingerprint density at radius 3 is 2.40 bits per heavy atom. The molecule has 0 saturated carbocycles. The van der Waals surface area contributed by atoms with E-state index in [4.69, 9.17) is 17.3 Å². The number of alkyl halides is 3. The van der Waals surface area contributed by atoms with Crippen molar-refractivity contribution < 1.29 is 21.6 Å². The lowest BCUT2D eigenvalue weighted by molar-refractivity contribution is -0.135. The molecule has 2 N–H and O–H groups in total. The normalized spacial score (nSPS) is 12.9. The SMILES string of the molecule is Cc1c(N)cc(Cl)cc1S(=O)(=O)N(C)CCC(F)(F)F. The minimum Gasteiger partial charge on any atom is -0.398 e. The van der Waals surface area contributed by atoms with E-state index in [1.807, 2.05) is 0 Å². The summed E-state index contributed by atoms with van der Waals surface area (Å²) in [6.07, 6.45) is -5.65. The van der Waals surface area contributed by atoms with E-state index in [9.17, 15) is 21.6 Å². The van der Waals surface area contributed by atoms with E-state index in [1.54, 1.807) is 0 Å². The monoisotopic (exact) mass is 330 g/mol. The van der Waals surface area contributed by atoms with Crippen LogP contribution in [0.15, 0.2) is 17.0 Å². The summed E-state index contributed by atoms with van der Waals surface area (Å²) in [6, 6.07) is 2.55. The van der Waals surface area contributed by atoms with Gasteiger partial charge in [0.15, 0.2) is 0 Å². The molecule has 0 unspecified atom stereocenters. The van der Waals surface area contributed by atoms with Crippen LogP contribution in [0.25, 0.3) is 0 Å². The van der Waals surface area contributed by atoms with Gasteiger partial charge in [0, 0.05) is 24.3 Å². The van der Waals surface area contributed by atoms with E-state index in [2.05, 4.69) is 0 Å². The Labute approximate surface area is 120 Å². The van der Waals surface area contributed by atoms with Gasteiger partial charge in [0.05, 0.1) is 11.3 Å². The van der Waals surface area contributed by atoms with Gasteiger partial charge in [-0.2, -0.15) is 13.2 Å². The van der Waals surface area contributed by atoms with Gasteiger partial charge in [-0.15, -0.1) is 0 Å². The number of benzene rings is 1. The highest BCUT2D eigenvalue weighted by molar-refractivity contribution is 7.89. The topological polar surface area (TPSA) is 63.4 Å². The Bertz CT molecular complexity index is 602. The number of nitrogen functional groups attached to an aromatic ring is 1. The minimum absolute atomic E-state index is 0.107. The van der Waals surface area contributed by atoms with E-state index in [1.165, 1.54) is 19.1 Å². The first-order valence-electron chi connectivity index (χ1n) is 5.54. The van der Waals surface area contributed by atoms with E-state index >= 15 is 0 Å². The van der Waals surface area contributed by atoms with Crippen LogP contribution in [0.1, 0.15) is 12.0 Å². The quantitative estimate of drug-likeness (QED) is 0.863. The number of halogens is 4. The average Bonchev–Trinajstić information content (AvgIpc) is 2.29. The average molecular weight is 331 g/mol. The maximum atomic E-state index is 12.2. The second kappa shape index (κ2) is 5.79. The lowest BCUT2D eigenvalue weighted by atomic mass is 10.2. The van der Waals surface area contributed by atoms with Crippen LogP contribution in [0, 0.1) is 6.92 Å². The predicted molar refractivity (Wildman–Crippen MR) is 71.1 cm³/mol. The first-order chi connectivity index (χ1) is 8.95. The summed E-state index contributed by atoms with van der Waals surface area (Å²) in [4.78, 5) is -0.188. The smallest absolute Gasteiger partial charge is 0.390 e. The molecule has 0 heterocycles. The number of hydrogen-bond acceptors (Lipinski definition) is 3. The molecule has 9 heteroatoms. The molecule has 0 amide bonds. The van der Waals surface area contributed by atoms with Gasteiger partial charge in [0.1, 0.15) is 0 Å². The highest BCUT2D eigenvalue weighted by atomic mass is 35.5. The summed E-state index contributed by atoms with van der Waals surface area (Å²) in [5.41, 5.74) is 6.04. The van der Waals surface area contributed by atoms with Gasteiger partial charge < -0.3 is 5.73 Å². The maximum absolute atomic E-state index is 12.2. The second-order valence-corrected chi connectivity index (χ2v) is 6.76. The van der Waals surface area contributed by atoms with Crippen LogP contribution in [-0.2, 0) is 10.0 Å². The summed E-state index contributed by atoms with van der Waals surface area (Å²) < 4.78 is 61.5. The molecule has 1 aromatic carbocycles. The third-order valence-electron chi connectivity index (χ3n) is 2.76. The fourth-order valence-corrected chi connectivity index (χ4v) is 3.25. The first kappa shape index (κ1) is 17.1. The van der Waals surface area contributed by atoms with Crippen molar-refractivity contribution in [2.24, 2.45) is 0 Å². The molecular formula is C11H14ClF3N2O2S. The van der Waals surface area contributed by atoms with E-state index in [-0.39, 0.29) is 21.2 Å². The minimum atomic E-state index is -4.42. The second-order valence-electron chi connectivity index (χ2n) is 4.31. The largest absolute Gasteiger partial charge is 0.398 e. The summed E-state index contributed by atoms with van der Waals surface area (Å²) in [5, 5.41) is 0.107. The zero-order valence-corrected chi connectivity index (χ0v) is 12.4. The molecule has 0 spiro atoms. The number of hydrogen-bond donors (Lipinski definition) is 1. The van der Waals surface area contributed by atoms with Crippen molar-refractivity contribution in [2.75, 3.05) is 19.3 Å². The molecule has 0 aliphatic heterocycles. The molecule has 0 aromatic heterocycles. The van der Waals surface area contributed by atoms with Crippen molar-refractivity contribution in [3.63, 3.8) is 0 Å². The van der Waals surface area contributed by atoms with Gasteiger partial charge in [0.25, 0.3) is 0 Å². The Morgan fingerprint density at radius 2 is 1.90 bits per heavy atom. The summed E-state index contributed by atoms with van der Waals surface area (Å²) in [6.45, 7) is 0.799. The van der Waals surface area contributed by atoms with Crippen molar-refractivity contribution in [2.45, 2.75) is 24.4 Å². The fourth-order valence-electron chi connectivity index (χ4n) is 1.51. The molecule has 0 fully saturated rings. The molecule has 0 saturated heterocycles.